The Morgan fingerprint density at radius 3 is 2.18 bits per heavy atom. The molecule has 0 atom stereocenters. The van der Waals surface area contributed by atoms with Crippen molar-refractivity contribution in [3.05, 3.63) is 35.4 Å². The van der Waals surface area contributed by atoms with E-state index in [1.54, 1.807) is 0 Å². The molecule has 160 valence electrons. The van der Waals surface area contributed by atoms with E-state index in [0.29, 0.717) is 5.92 Å². The lowest BCUT2D eigenvalue weighted by Gasteiger charge is -2.34. The maximum atomic E-state index is 4.34. The molecule has 0 bridgehead atoms. The van der Waals surface area contributed by atoms with Gasteiger partial charge in [0.25, 0.3) is 0 Å². The van der Waals surface area contributed by atoms with Gasteiger partial charge in [0.15, 0.2) is 5.96 Å². The Hall–Kier alpha value is -0.860. The number of halogens is 1. The lowest BCUT2D eigenvalue weighted by Crippen LogP contribution is -2.49. The van der Waals surface area contributed by atoms with Crippen LogP contribution in [-0.2, 0) is 6.42 Å². The van der Waals surface area contributed by atoms with Crippen molar-refractivity contribution < 1.29 is 0 Å². The normalized spacial score (nSPS) is 16.1. The first-order valence-corrected chi connectivity index (χ1v) is 10.6. The zero-order valence-corrected chi connectivity index (χ0v) is 20.5. The highest BCUT2D eigenvalue weighted by atomic mass is 127. The number of benzene rings is 1. The predicted octanol–water partition coefficient (Wildman–Crippen LogP) is 3.16. The molecule has 28 heavy (non-hydrogen) atoms. The van der Waals surface area contributed by atoms with Gasteiger partial charge in [-0.1, -0.05) is 45.0 Å². The number of nitrogens with one attached hydrogen (secondary N) is 2. The van der Waals surface area contributed by atoms with Crippen LogP contribution in [0.3, 0.4) is 0 Å². The third-order valence-corrected chi connectivity index (χ3v) is 5.44. The van der Waals surface area contributed by atoms with Gasteiger partial charge in [-0.3, -0.25) is 9.89 Å². The minimum absolute atomic E-state index is 0. The fraction of sp³-hybridized carbons (Fsp3) is 0.682. The molecule has 2 N–H and O–H groups in total. The summed E-state index contributed by atoms with van der Waals surface area (Å²) < 4.78 is 0. The molecule has 1 aliphatic rings. The summed E-state index contributed by atoms with van der Waals surface area (Å²) in [6.07, 6.45) is 2.21. The van der Waals surface area contributed by atoms with Gasteiger partial charge < -0.3 is 15.5 Å². The van der Waals surface area contributed by atoms with Gasteiger partial charge in [0, 0.05) is 52.9 Å². The van der Waals surface area contributed by atoms with Crippen LogP contribution in [0.25, 0.3) is 0 Å². The van der Waals surface area contributed by atoms with E-state index in [1.165, 1.54) is 43.9 Å². The highest BCUT2D eigenvalue weighted by molar-refractivity contribution is 14.0. The number of aryl methyl sites for hydroxylation is 1. The van der Waals surface area contributed by atoms with E-state index in [-0.39, 0.29) is 24.0 Å². The summed E-state index contributed by atoms with van der Waals surface area (Å²) in [5, 5.41) is 6.88. The maximum absolute atomic E-state index is 4.34. The van der Waals surface area contributed by atoms with Crippen molar-refractivity contribution in [3.8, 4) is 0 Å². The molecule has 0 amide bonds. The molecule has 0 spiro atoms. The molecule has 1 fully saturated rings. The highest BCUT2D eigenvalue weighted by Gasteiger charge is 2.14. The van der Waals surface area contributed by atoms with Gasteiger partial charge in [-0.15, -0.1) is 24.0 Å². The minimum atomic E-state index is 0. The molecule has 0 aliphatic carbocycles. The van der Waals surface area contributed by atoms with E-state index in [0.717, 1.165) is 38.4 Å². The smallest absolute Gasteiger partial charge is 0.191 e. The first-order chi connectivity index (χ1) is 13.1. The number of hydrogen-bond donors (Lipinski definition) is 2. The molecule has 1 saturated heterocycles. The van der Waals surface area contributed by atoms with Crippen LogP contribution in [0, 0.1) is 0 Å². The molecule has 1 aromatic rings. The lowest BCUT2D eigenvalue weighted by atomic mass is 10.0. The summed E-state index contributed by atoms with van der Waals surface area (Å²) >= 11 is 0. The van der Waals surface area contributed by atoms with Gasteiger partial charge in [0.05, 0.1) is 0 Å². The van der Waals surface area contributed by atoms with Crippen LogP contribution in [0.5, 0.6) is 0 Å². The van der Waals surface area contributed by atoms with E-state index in [4.69, 9.17) is 0 Å². The first-order valence-electron chi connectivity index (χ1n) is 10.6. The number of nitrogens with zero attached hydrogens (tertiary/aromatic N) is 3. The van der Waals surface area contributed by atoms with Gasteiger partial charge in [0.1, 0.15) is 0 Å². The topological polar surface area (TPSA) is 42.9 Å². The summed E-state index contributed by atoms with van der Waals surface area (Å²) in [6.45, 7) is 15.6. The molecular formula is C22H40IN5. The molecule has 0 saturated carbocycles. The minimum Gasteiger partial charge on any atom is -0.356 e. The molecule has 0 aromatic heterocycles. The standard InChI is InChI=1S/C22H39N5.HI/c1-5-26-15-17-27(18-16-26)14-13-25-22(23-4)24-12-6-7-20-8-10-21(11-9-20)19(2)3;/h8-11,19H,5-7,12-18H2,1-4H3,(H2,23,24,25);1H. The zero-order chi connectivity index (χ0) is 19.5. The van der Waals surface area contributed by atoms with E-state index >= 15 is 0 Å². The van der Waals surface area contributed by atoms with E-state index in [2.05, 4.69) is 70.5 Å². The molecule has 5 nitrogen and oxygen atoms in total. The van der Waals surface area contributed by atoms with Gasteiger partial charge in [-0.25, -0.2) is 0 Å². The van der Waals surface area contributed by atoms with Gasteiger partial charge in [-0.2, -0.15) is 0 Å². The van der Waals surface area contributed by atoms with Crippen molar-refractivity contribution in [2.24, 2.45) is 4.99 Å². The number of likely N-dealkylation sites (N-methyl/N-ethyl adjacent to an activating group) is 1. The third kappa shape index (κ3) is 9.09. The molecule has 6 heteroatoms. The Bertz CT molecular complexity index is 551. The van der Waals surface area contributed by atoms with Crippen LogP contribution in [0.2, 0.25) is 0 Å². The van der Waals surface area contributed by atoms with Crippen LogP contribution in [-0.4, -0.2) is 75.2 Å². The Kier molecular flexibility index (Phi) is 12.7. The summed E-state index contributed by atoms with van der Waals surface area (Å²) in [5.74, 6) is 1.52. The zero-order valence-electron chi connectivity index (χ0n) is 18.2. The van der Waals surface area contributed by atoms with Crippen molar-refractivity contribution in [2.75, 3.05) is 59.4 Å². The SMILES string of the molecule is CCN1CCN(CCNC(=NC)NCCCc2ccc(C(C)C)cc2)CC1.I. The van der Waals surface area contributed by atoms with Crippen molar-refractivity contribution in [2.45, 2.75) is 39.5 Å². The quantitative estimate of drug-likeness (QED) is 0.236. The molecule has 0 unspecified atom stereocenters. The largest absolute Gasteiger partial charge is 0.356 e. The number of rotatable bonds is 9. The number of aliphatic imine (C=N–C) groups is 1. The fourth-order valence-electron chi connectivity index (χ4n) is 3.45. The lowest BCUT2D eigenvalue weighted by molar-refractivity contribution is 0.139. The highest BCUT2D eigenvalue weighted by Crippen LogP contribution is 2.15. The summed E-state index contributed by atoms with van der Waals surface area (Å²) in [5.41, 5.74) is 2.83. The summed E-state index contributed by atoms with van der Waals surface area (Å²) in [7, 11) is 1.85. The third-order valence-electron chi connectivity index (χ3n) is 5.44. The Morgan fingerprint density at radius 2 is 1.61 bits per heavy atom. The van der Waals surface area contributed by atoms with Crippen molar-refractivity contribution in [3.63, 3.8) is 0 Å². The average molecular weight is 502 g/mol. The molecule has 0 radical (unpaired) electrons. The Balaban J connectivity index is 0.00000392. The molecular weight excluding hydrogens is 461 g/mol. The van der Waals surface area contributed by atoms with Gasteiger partial charge >= 0.3 is 0 Å². The predicted molar refractivity (Wildman–Crippen MR) is 132 cm³/mol. The van der Waals surface area contributed by atoms with Crippen LogP contribution < -0.4 is 10.6 Å². The molecule has 1 heterocycles. The Morgan fingerprint density at radius 1 is 1.00 bits per heavy atom. The van der Waals surface area contributed by atoms with Crippen LogP contribution in [0.1, 0.15) is 44.2 Å². The van der Waals surface area contributed by atoms with Gasteiger partial charge in [-0.05, 0) is 36.4 Å². The van der Waals surface area contributed by atoms with Crippen molar-refractivity contribution in [1.29, 1.82) is 0 Å². The number of guanidine groups is 1. The number of hydrogen-bond acceptors (Lipinski definition) is 3. The van der Waals surface area contributed by atoms with E-state index in [1.807, 2.05) is 7.05 Å². The fourth-order valence-corrected chi connectivity index (χ4v) is 3.45. The Labute approximate surface area is 189 Å². The summed E-state index contributed by atoms with van der Waals surface area (Å²) in [4.78, 5) is 9.39. The van der Waals surface area contributed by atoms with Crippen LogP contribution >= 0.6 is 24.0 Å². The average Bonchev–Trinajstić information content (AvgIpc) is 2.70. The molecule has 2 rings (SSSR count). The van der Waals surface area contributed by atoms with Gasteiger partial charge in [0.2, 0.25) is 0 Å². The van der Waals surface area contributed by atoms with Crippen LogP contribution in [0.15, 0.2) is 29.3 Å². The van der Waals surface area contributed by atoms with Crippen molar-refractivity contribution in [1.82, 2.24) is 20.4 Å². The van der Waals surface area contributed by atoms with E-state index < -0.39 is 0 Å². The monoisotopic (exact) mass is 501 g/mol. The maximum Gasteiger partial charge on any atom is 0.191 e. The first kappa shape index (κ1) is 25.2. The second-order valence-electron chi connectivity index (χ2n) is 7.70. The molecule has 1 aliphatic heterocycles. The number of piperazine rings is 1. The molecule has 1 aromatic carbocycles. The van der Waals surface area contributed by atoms with Crippen LogP contribution in [0.4, 0.5) is 0 Å². The van der Waals surface area contributed by atoms with E-state index in [9.17, 15) is 0 Å². The second-order valence-corrected chi connectivity index (χ2v) is 7.70. The second kappa shape index (κ2) is 14.2. The van der Waals surface area contributed by atoms with Crippen molar-refractivity contribution >= 4 is 29.9 Å². The summed E-state index contributed by atoms with van der Waals surface area (Å²) in [6, 6.07) is 9.05.